The first kappa shape index (κ1) is 18.4. The molecule has 7 heteroatoms. The van der Waals surface area contributed by atoms with Crippen molar-refractivity contribution in [2.45, 2.75) is 6.42 Å². The molecule has 2 amide bonds. The van der Waals surface area contributed by atoms with Gasteiger partial charge in [-0.2, -0.15) is 0 Å². The van der Waals surface area contributed by atoms with Crippen LogP contribution in [0.5, 0.6) is 5.75 Å². The first-order valence-corrected chi connectivity index (χ1v) is 8.53. The number of rotatable bonds is 5. The Labute approximate surface area is 156 Å². The Morgan fingerprint density at radius 3 is 2.67 bits per heavy atom. The third-order valence-electron chi connectivity index (χ3n) is 4.27. The molecule has 0 unspecified atom stereocenters. The molecule has 0 saturated carbocycles. The number of fused-ring (bicyclic) bond motifs is 1. The Bertz CT molecular complexity index is 851. The summed E-state index contributed by atoms with van der Waals surface area (Å²) in [6.45, 7) is 0.0571. The van der Waals surface area contributed by atoms with E-state index in [1.165, 1.54) is 7.11 Å². The van der Waals surface area contributed by atoms with Gasteiger partial charge in [-0.05, 0) is 42.3 Å². The van der Waals surface area contributed by atoms with Crippen LogP contribution in [-0.2, 0) is 20.7 Å². The molecule has 2 N–H and O–H groups in total. The highest BCUT2D eigenvalue weighted by molar-refractivity contribution is 6.04. The van der Waals surface area contributed by atoms with Gasteiger partial charge in [-0.15, -0.1) is 0 Å². The summed E-state index contributed by atoms with van der Waals surface area (Å²) in [6.07, 6.45) is 0.456. The highest BCUT2D eigenvalue weighted by Crippen LogP contribution is 2.30. The van der Waals surface area contributed by atoms with E-state index < -0.39 is 11.9 Å². The summed E-state index contributed by atoms with van der Waals surface area (Å²) in [5.41, 5.74) is 2.01. The number of nitrogens with one attached hydrogen (secondary N) is 2. The number of benzene rings is 2. The summed E-state index contributed by atoms with van der Waals surface area (Å²) in [6, 6.07) is 14.3. The Hall–Kier alpha value is -3.35. The van der Waals surface area contributed by atoms with Crippen molar-refractivity contribution in [1.29, 1.82) is 0 Å². The number of carbonyl (C=O) groups excluding carboxylic acids is 3. The number of carbonyl (C=O) groups is 3. The lowest BCUT2D eigenvalue weighted by atomic mass is 9.95. The second-order valence-electron chi connectivity index (χ2n) is 6.15. The molecule has 140 valence electrons. The molecule has 1 heterocycles. The normalized spacial score (nSPS) is 15.1. The fraction of sp³-hybridized carbons (Fsp3) is 0.250. The van der Waals surface area contributed by atoms with Crippen LogP contribution in [0.15, 0.2) is 48.5 Å². The van der Waals surface area contributed by atoms with Gasteiger partial charge in [0, 0.05) is 11.3 Å². The smallest absolute Gasteiger partial charge is 0.325 e. The summed E-state index contributed by atoms with van der Waals surface area (Å²) in [5.74, 6) is -0.720. The van der Waals surface area contributed by atoms with Crippen LogP contribution in [0, 0.1) is 5.92 Å². The van der Waals surface area contributed by atoms with Gasteiger partial charge in [-0.1, -0.05) is 18.2 Å². The third kappa shape index (κ3) is 4.63. The van der Waals surface area contributed by atoms with Gasteiger partial charge in [0.2, 0.25) is 5.91 Å². The number of amides is 2. The first-order chi connectivity index (χ1) is 13.1. The van der Waals surface area contributed by atoms with Gasteiger partial charge in [0.05, 0.1) is 13.0 Å². The van der Waals surface area contributed by atoms with E-state index in [0.29, 0.717) is 23.4 Å². The molecule has 1 aliphatic rings. The molecule has 7 nitrogen and oxygen atoms in total. The molecule has 1 aliphatic heterocycles. The highest BCUT2D eigenvalue weighted by atomic mass is 16.5. The second-order valence-corrected chi connectivity index (χ2v) is 6.15. The number of hydrogen-bond acceptors (Lipinski definition) is 5. The zero-order valence-electron chi connectivity index (χ0n) is 14.9. The molecule has 27 heavy (non-hydrogen) atoms. The van der Waals surface area contributed by atoms with Gasteiger partial charge >= 0.3 is 5.97 Å². The van der Waals surface area contributed by atoms with E-state index in [0.717, 1.165) is 5.56 Å². The van der Waals surface area contributed by atoms with E-state index in [4.69, 9.17) is 4.74 Å². The molecule has 3 rings (SSSR count). The number of anilines is 1. The molecule has 0 aromatic heterocycles. The topological polar surface area (TPSA) is 93.7 Å². The molecule has 0 radical (unpaired) electrons. The Kier molecular flexibility index (Phi) is 5.71. The van der Waals surface area contributed by atoms with Crippen molar-refractivity contribution < 1.29 is 23.9 Å². The van der Waals surface area contributed by atoms with Crippen LogP contribution in [0.2, 0.25) is 0 Å². The van der Waals surface area contributed by atoms with Gasteiger partial charge in [0.1, 0.15) is 18.9 Å². The summed E-state index contributed by atoms with van der Waals surface area (Å²) >= 11 is 0. The molecule has 1 atom stereocenters. The van der Waals surface area contributed by atoms with Gasteiger partial charge in [-0.3, -0.25) is 14.4 Å². The molecule has 2 aromatic carbocycles. The number of esters is 1. The maximum absolute atomic E-state index is 12.3. The summed E-state index contributed by atoms with van der Waals surface area (Å²) in [4.78, 5) is 35.6. The SMILES string of the molecule is COC(=O)CNC(=O)[C@@H]1COc2ccc(NC(=O)c3ccccc3)cc2C1. The Balaban J connectivity index is 1.65. The lowest BCUT2D eigenvalue weighted by molar-refractivity contribution is -0.141. The van der Waals surface area contributed by atoms with Gasteiger partial charge < -0.3 is 20.1 Å². The van der Waals surface area contributed by atoms with Crippen LogP contribution in [-0.4, -0.2) is 38.0 Å². The van der Waals surface area contributed by atoms with Crippen molar-refractivity contribution in [3.05, 3.63) is 59.7 Å². The number of hydrogen-bond donors (Lipinski definition) is 2. The van der Waals surface area contributed by atoms with Crippen LogP contribution in [0.25, 0.3) is 0 Å². The molecule has 0 aliphatic carbocycles. The summed E-state index contributed by atoms with van der Waals surface area (Å²) in [7, 11) is 1.26. The predicted octanol–water partition coefficient (Wildman–Crippen LogP) is 1.78. The lowest BCUT2D eigenvalue weighted by Gasteiger charge is -2.25. The molecular formula is C20H20N2O5. The standard InChI is InChI=1S/C20H20N2O5/c1-26-18(23)11-21-19(24)15-9-14-10-16(7-8-17(14)27-12-15)22-20(25)13-5-3-2-4-6-13/h2-8,10,15H,9,11-12H2,1H3,(H,21,24)(H,22,25)/t15-/m0/s1. The number of methoxy groups -OCH3 is 1. The van der Waals surface area contributed by atoms with Crippen LogP contribution < -0.4 is 15.4 Å². The maximum Gasteiger partial charge on any atom is 0.325 e. The van der Waals surface area contributed by atoms with E-state index in [1.807, 2.05) is 6.07 Å². The average Bonchev–Trinajstić information content (AvgIpc) is 2.71. The number of ether oxygens (including phenoxy) is 2. The van der Waals surface area contributed by atoms with Crippen molar-refractivity contribution in [2.24, 2.45) is 5.92 Å². The zero-order chi connectivity index (χ0) is 19.2. The minimum Gasteiger partial charge on any atom is -0.492 e. The quantitative estimate of drug-likeness (QED) is 0.785. The van der Waals surface area contributed by atoms with E-state index >= 15 is 0 Å². The maximum atomic E-state index is 12.3. The molecule has 2 aromatic rings. The monoisotopic (exact) mass is 368 g/mol. The third-order valence-corrected chi connectivity index (χ3v) is 4.27. The van der Waals surface area contributed by atoms with Gasteiger partial charge in [0.15, 0.2) is 0 Å². The summed E-state index contributed by atoms with van der Waals surface area (Å²) < 4.78 is 10.2. The first-order valence-electron chi connectivity index (χ1n) is 8.53. The minimum absolute atomic E-state index is 0.175. The minimum atomic E-state index is -0.508. The van der Waals surface area contributed by atoms with Crippen molar-refractivity contribution >= 4 is 23.5 Å². The predicted molar refractivity (Wildman–Crippen MR) is 98.6 cm³/mol. The van der Waals surface area contributed by atoms with E-state index in [-0.39, 0.29) is 25.0 Å². The van der Waals surface area contributed by atoms with Crippen LogP contribution in [0.1, 0.15) is 15.9 Å². The van der Waals surface area contributed by atoms with E-state index in [1.54, 1.807) is 42.5 Å². The van der Waals surface area contributed by atoms with Crippen LogP contribution in [0.3, 0.4) is 0 Å². The zero-order valence-corrected chi connectivity index (χ0v) is 14.9. The fourth-order valence-corrected chi connectivity index (χ4v) is 2.81. The van der Waals surface area contributed by atoms with Crippen molar-refractivity contribution in [3.8, 4) is 5.75 Å². The average molecular weight is 368 g/mol. The van der Waals surface area contributed by atoms with Crippen molar-refractivity contribution in [2.75, 3.05) is 25.6 Å². The Morgan fingerprint density at radius 1 is 1.15 bits per heavy atom. The largest absolute Gasteiger partial charge is 0.492 e. The molecule has 0 bridgehead atoms. The lowest BCUT2D eigenvalue weighted by Crippen LogP contribution is -2.39. The Morgan fingerprint density at radius 2 is 1.93 bits per heavy atom. The molecule has 0 fully saturated rings. The van der Waals surface area contributed by atoms with E-state index in [9.17, 15) is 14.4 Å². The van der Waals surface area contributed by atoms with Crippen LogP contribution in [0.4, 0.5) is 5.69 Å². The fourth-order valence-electron chi connectivity index (χ4n) is 2.81. The molecule has 0 spiro atoms. The van der Waals surface area contributed by atoms with Gasteiger partial charge in [0.25, 0.3) is 5.91 Å². The molecule has 0 saturated heterocycles. The van der Waals surface area contributed by atoms with Crippen molar-refractivity contribution in [3.63, 3.8) is 0 Å². The summed E-state index contributed by atoms with van der Waals surface area (Å²) in [5, 5.41) is 5.38. The molecular weight excluding hydrogens is 348 g/mol. The van der Waals surface area contributed by atoms with Gasteiger partial charge in [-0.25, -0.2) is 0 Å². The second kappa shape index (κ2) is 8.35. The highest BCUT2D eigenvalue weighted by Gasteiger charge is 2.26. The van der Waals surface area contributed by atoms with Crippen LogP contribution >= 0.6 is 0 Å². The van der Waals surface area contributed by atoms with E-state index in [2.05, 4.69) is 15.4 Å². The van der Waals surface area contributed by atoms with Crippen molar-refractivity contribution in [1.82, 2.24) is 5.32 Å².